The van der Waals surface area contributed by atoms with E-state index in [4.69, 9.17) is 0 Å². The molecule has 2 aromatic rings. The number of hydrogen-bond donors (Lipinski definition) is 2. The smallest absolute Gasteiger partial charge is 0.119 e. The zero-order valence-electron chi connectivity index (χ0n) is 11.0. The SMILES string of the molecule is Cc1csc(CCNC2CCc3c(O)cccc32)n1. The summed E-state index contributed by atoms with van der Waals surface area (Å²) in [6.45, 7) is 2.97. The van der Waals surface area contributed by atoms with Crippen molar-refractivity contribution >= 4 is 11.3 Å². The van der Waals surface area contributed by atoms with E-state index in [1.54, 1.807) is 17.4 Å². The van der Waals surface area contributed by atoms with Gasteiger partial charge in [-0.15, -0.1) is 11.3 Å². The second-order valence-electron chi connectivity index (χ2n) is 5.02. The topological polar surface area (TPSA) is 45.1 Å². The number of nitrogens with one attached hydrogen (secondary N) is 1. The third-order valence-electron chi connectivity index (χ3n) is 3.64. The van der Waals surface area contributed by atoms with Crippen molar-refractivity contribution < 1.29 is 5.11 Å². The number of phenols is 1. The average molecular weight is 274 g/mol. The molecule has 4 heteroatoms. The first-order valence-electron chi connectivity index (χ1n) is 6.69. The second-order valence-corrected chi connectivity index (χ2v) is 5.97. The molecule has 0 fully saturated rings. The van der Waals surface area contributed by atoms with E-state index in [1.807, 2.05) is 13.0 Å². The molecule has 100 valence electrons. The van der Waals surface area contributed by atoms with E-state index in [0.717, 1.165) is 37.1 Å². The van der Waals surface area contributed by atoms with E-state index in [-0.39, 0.29) is 0 Å². The van der Waals surface area contributed by atoms with Crippen molar-refractivity contribution in [2.24, 2.45) is 0 Å². The van der Waals surface area contributed by atoms with Gasteiger partial charge in [-0.3, -0.25) is 0 Å². The maximum Gasteiger partial charge on any atom is 0.119 e. The molecule has 1 aliphatic rings. The molecule has 3 rings (SSSR count). The fourth-order valence-corrected chi connectivity index (χ4v) is 3.49. The van der Waals surface area contributed by atoms with Gasteiger partial charge in [0.2, 0.25) is 0 Å². The van der Waals surface area contributed by atoms with E-state index < -0.39 is 0 Å². The lowest BCUT2D eigenvalue weighted by Crippen LogP contribution is -2.21. The first-order chi connectivity index (χ1) is 9.24. The van der Waals surface area contributed by atoms with Gasteiger partial charge in [0, 0.05) is 30.1 Å². The molecule has 1 aliphatic carbocycles. The van der Waals surface area contributed by atoms with Crippen molar-refractivity contribution in [2.75, 3.05) is 6.54 Å². The minimum atomic E-state index is 0.378. The predicted octanol–water partition coefficient (Wildman–Crippen LogP) is 2.98. The molecule has 0 saturated heterocycles. The van der Waals surface area contributed by atoms with Gasteiger partial charge < -0.3 is 10.4 Å². The Balaban J connectivity index is 1.59. The first-order valence-corrected chi connectivity index (χ1v) is 7.57. The van der Waals surface area contributed by atoms with Crippen LogP contribution in [0.1, 0.15) is 34.3 Å². The third kappa shape index (κ3) is 2.65. The standard InChI is InChI=1S/C15H18N2OS/c1-10-9-19-15(17-10)7-8-16-13-6-5-12-11(13)3-2-4-14(12)18/h2-4,9,13,16,18H,5-8H2,1H3. The van der Waals surface area contributed by atoms with Crippen LogP contribution >= 0.6 is 11.3 Å². The zero-order chi connectivity index (χ0) is 13.2. The van der Waals surface area contributed by atoms with E-state index in [2.05, 4.69) is 21.7 Å². The molecule has 0 radical (unpaired) electrons. The summed E-state index contributed by atoms with van der Waals surface area (Å²) in [5.41, 5.74) is 3.48. The molecule has 0 bridgehead atoms. The Morgan fingerprint density at radius 3 is 3.16 bits per heavy atom. The van der Waals surface area contributed by atoms with Crippen molar-refractivity contribution in [1.82, 2.24) is 10.3 Å². The first kappa shape index (κ1) is 12.6. The quantitative estimate of drug-likeness (QED) is 0.901. The number of benzene rings is 1. The molecule has 0 aliphatic heterocycles. The molecule has 2 N–H and O–H groups in total. The number of aromatic hydroxyl groups is 1. The zero-order valence-corrected chi connectivity index (χ0v) is 11.8. The van der Waals surface area contributed by atoms with Gasteiger partial charge in [0.25, 0.3) is 0 Å². The lowest BCUT2D eigenvalue weighted by atomic mass is 10.1. The highest BCUT2D eigenvalue weighted by Crippen LogP contribution is 2.36. The highest BCUT2D eigenvalue weighted by Gasteiger charge is 2.23. The maximum absolute atomic E-state index is 9.82. The minimum Gasteiger partial charge on any atom is -0.508 e. The monoisotopic (exact) mass is 274 g/mol. The Hall–Kier alpha value is -1.39. The molecule has 1 aromatic heterocycles. The number of hydrogen-bond acceptors (Lipinski definition) is 4. The van der Waals surface area contributed by atoms with Gasteiger partial charge >= 0.3 is 0 Å². The number of nitrogens with zero attached hydrogens (tertiary/aromatic N) is 1. The van der Waals surface area contributed by atoms with Crippen LogP contribution < -0.4 is 5.32 Å². The highest BCUT2D eigenvalue weighted by atomic mass is 32.1. The molecule has 3 nitrogen and oxygen atoms in total. The largest absolute Gasteiger partial charge is 0.508 e. The van der Waals surface area contributed by atoms with Crippen LogP contribution in [0.3, 0.4) is 0 Å². The van der Waals surface area contributed by atoms with Crippen LogP contribution in [0.5, 0.6) is 5.75 Å². The number of thiazole rings is 1. The van der Waals surface area contributed by atoms with Crippen LogP contribution in [0.15, 0.2) is 23.6 Å². The third-order valence-corrected chi connectivity index (χ3v) is 4.67. The molecule has 1 unspecified atom stereocenters. The number of fused-ring (bicyclic) bond motifs is 1. The molecule has 1 aromatic carbocycles. The van der Waals surface area contributed by atoms with Gasteiger partial charge in [0.15, 0.2) is 0 Å². The van der Waals surface area contributed by atoms with Gasteiger partial charge in [-0.2, -0.15) is 0 Å². The number of aryl methyl sites for hydroxylation is 1. The number of rotatable bonds is 4. The van der Waals surface area contributed by atoms with E-state index in [9.17, 15) is 5.11 Å². The summed E-state index contributed by atoms with van der Waals surface area (Å²) in [6, 6.07) is 6.20. The van der Waals surface area contributed by atoms with Gasteiger partial charge in [-0.1, -0.05) is 12.1 Å². The Kier molecular flexibility index (Phi) is 3.53. The van der Waals surface area contributed by atoms with Crippen molar-refractivity contribution in [3.8, 4) is 5.75 Å². The summed E-state index contributed by atoms with van der Waals surface area (Å²) in [5.74, 6) is 0.442. The number of phenolic OH excluding ortho intramolecular Hbond substituents is 1. The Bertz CT molecular complexity index is 579. The Morgan fingerprint density at radius 2 is 2.37 bits per heavy atom. The van der Waals surface area contributed by atoms with Gasteiger partial charge in [0.05, 0.1) is 5.01 Å². The molecular formula is C15H18N2OS. The average Bonchev–Trinajstić information content (AvgIpc) is 2.98. The van der Waals surface area contributed by atoms with E-state index in [0.29, 0.717) is 11.8 Å². The summed E-state index contributed by atoms with van der Waals surface area (Å²) < 4.78 is 0. The lowest BCUT2D eigenvalue weighted by Gasteiger charge is -2.13. The summed E-state index contributed by atoms with van der Waals surface area (Å²) in [7, 11) is 0. The van der Waals surface area contributed by atoms with Gasteiger partial charge in [-0.05, 0) is 37.0 Å². The molecule has 1 atom stereocenters. The molecule has 0 saturated carbocycles. The predicted molar refractivity (Wildman–Crippen MR) is 77.7 cm³/mol. The maximum atomic E-state index is 9.82. The normalized spacial score (nSPS) is 17.6. The minimum absolute atomic E-state index is 0.378. The van der Waals surface area contributed by atoms with Crippen molar-refractivity contribution in [2.45, 2.75) is 32.2 Å². The number of aromatic nitrogens is 1. The van der Waals surface area contributed by atoms with Crippen LogP contribution in [-0.2, 0) is 12.8 Å². The van der Waals surface area contributed by atoms with Crippen LogP contribution in [0, 0.1) is 6.92 Å². The van der Waals surface area contributed by atoms with Crippen molar-refractivity contribution in [1.29, 1.82) is 0 Å². The Morgan fingerprint density at radius 1 is 1.47 bits per heavy atom. The van der Waals surface area contributed by atoms with Crippen LogP contribution in [0.25, 0.3) is 0 Å². The van der Waals surface area contributed by atoms with Crippen LogP contribution in [-0.4, -0.2) is 16.6 Å². The molecule has 1 heterocycles. The summed E-state index contributed by atoms with van der Waals surface area (Å²) >= 11 is 1.73. The van der Waals surface area contributed by atoms with Crippen molar-refractivity contribution in [3.05, 3.63) is 45.4 Å². The lowest BCUT2D eigenvalue weighted by molar-refractivity contribution is 0.469. The summed E-state index contributed by atoms with van der Waals surface area (Å²) in [5, 5.41) is 16.7. The van der Waals surface area contributed by atoms with Crippen LogP contribution in [0.4, 0.5) is 0 Å². The van der Waals surface area contributed by atoms with Crippen LogP contribution in [0.2, 0.25) is 0 Å². The van der Waals surface area contributed by atoms with Crippen molar-refractivity contribution in [3.63, 3.8) is 0 Å². The fourth-order valence-electron chi connectivity index (χ4n) is 2.72. The molecule has 19 heavy (non-hydrogen) atoms. The van der Waals surface area contributed by atoms with E-state index in [1.165, 1.54) is 10.6 Å². The molecular weight excluding hydrogens is 256 g/mol. The van der Waals surface area contributed by atoms with Gasteiger partial charge in [-0.25, -0.2) is 4.98 Å². The Labute approximate surface area is 117 Å². The molecule has 0 amide bonds. The summed E-state index contributed by atoms with van der Waals surface area (Å²) in [4.78, 5) is 4.47. The fraction of sp³-hybridized carbons (Fsp3) is 0.400. The highest BCUT2D eigenvalue weighted by molar-refractivity contribution is 7.09. The summed E-state index contributed by atoms with van der Waals surface area (Å²) in [6.07, 6.45) is 3.02. The second kappa shape index (κ2) is 5.31. The molecule has 0 spiro atoms. The van der Waals surface area contributed by atoms with Gasteiger partial charge in [0.1, 0.15) is 5.75 Å². The van der Waals surface area contributed by atoms with E-state index >= 15 is 0 Å².